The second-order valence-electron chi connectivity index (χ2n) is 25.6. The minimum Gasteiger partial charge on any atom is -0.466 e. The van der Waals surface area contributed by atoms with Crippen LogP contribution in [0.1, 0.15) is 418 Å². The summed E-state index contributed by atoms with van der Waals surface area (Å²) in [5.74, 6) is -0.0250. The molecule has 0 radical (unpaired) electrons. The molecule has 0 spiro atoms. The number of nitrogens with one attached hydrogen (secondary N) is 1. The summed E-state index contributed by atoms with van der Waals surface area (Å²) < 4.78 is 5.49. The molecule has 6 heteroatoms. The van der Waals surface area contributed by atoms with Crippen LogP contribution in [0.4, 0.5) is 0 Å². The van der Waals surface area contributed by atoms with Gasteiger partial charge in [0.1, 0.15) is 0 Å². The van der Waals surface area contributed by atoms with E-state index in [1.165, 1.54) is 340 Å². The fourth-order valence-corrected chi connectivity index (χ4v) is 11.8. The van der Waals surface area contributed by atoms with E-state index in [-0.39, 0.29) is 18.5 Å². The van der Waals surface area contributed by atoms with Gasteiger partial charge in [-0.05, 0) is 77.0 Å². The number of allylic oxidation sites excluding steroid dienone is 4. The van der Waals surface area contributed by atoms with Crippen LogP contribution in [0.25, 0.3) is 0 Å². The monoisotopic (exact) mass is 1140 g/mol. The van der Waals surface area contributed by atoms with E-state index < -0.39 is 12.1 Å². The number of hydrogen-bond donors (Lipinski definition) is 3. The van der Waals surface area contributed by atoms with E-state index in [0.717, 1.165) is 44.9 Å². The van der Waals surface area contributed by atoms with E-state index in [4.69, 9.17) is 4.74 Å². The molecule has 0 fully saturated rings. The van der Waals surface area contributed by atoms with Crippen molar-refractivity contribution in [3.05, 3.63) is 24.3 Å². The highest BCUT2D eigenvalue weighted by Crippen LogP contribution is 2.19. The summed E-state index contributed by atoms with van der Waals surface area (Å²) in [5, 5.41) is 23.5. The number of amides is 1. The van der Waals surface area contributed by atoms with Crippen LogP contribution >= 0.6 is 0 Å². The lowest BCUT2D eigenvalue weighted by atomic mass is 10.0. The first-order valence-corrected chi connectivity index (χ1v) is 37.1. The summed E-state index contributed by atoms with van der Waals surface area (Å²) in [6.07, 6.45) is 89.5. The molecule has 0 rings (SSSR count). The molecule has 0 aromatic heterocycles. The van der Waals surface area contributed by atoms with E-state index in [1.54, 1.807) is 0 Å². The van der Waals surface area contributed by atoms with Gasteiger partial charge in [0.2, 0.25) is 5.91 Å². The van der Waals surface area contributed by atoms with Crippen molar-refractivity contribution in [2.75, 3.05) is 13.2 Å². The third kappa shape index (κ3) is 67.3. The first kappa shape index (κ1) is 79.3. The lowest BCUT2D eigenvalue weighted by Gasteiger charge is -2.22. The quantitative estimate of drug-likeness (QED) is 0.0320. The van der Waals surface area contributed by atoms with Crippen LogP contribution in [0.3, 0.4) is 0 Å². The van der Waals surface area contributed by atoms with Gasteiger partial charge in [0.25, 0.3) is 0 Å². The molecule has 0 aliphatic rings. The van der Waals surface area contributed by atoms with Crippen molar-refractivity contribution in [1.82, 2.24) is 5.32 Å². The SMILES string of the molecule is CCCCCCC/C=C\CCCCCCCC(=O)OCCCCCCCCCCCCCC/C=C\CCCCCCCCCCCCC(=O)NC(CO)C(O)CCCCCCCCCCCCCCCCCCCCCCCCCC. The number of aliphatic hydroxyl groups is 2. The first-order valence-electron chi connectivity index (χ1n) is 37.1. The van der Waals surface area contributed by atoms with Crippen LogP contribution in [0, 0.1) is 0 Å². The van der Waals surface area contributed by atoms with Gasteiger partial charge in [-0.1, -0.05) is 353 Å². The fraction of sp³-hybridized carbons (Fsp3) is 0.920. The molecular weight excluding hydrogens is 995 g/mol. The zero-order chi connectivity index (χ0) is 58.5. The van der Waals surface area contributed by atoms with Crippen molar-refractivity contribution >= 4 is 11.9 Å². The maximum atomic E-state index is 12.6. The van der Waals surface area contributed by atoms with Gasteiger partial charge in [0.05, 0.1) is 25.4 Å². The molecule has 0 saturated carbocycles. The number of hydrogen-bond acceptors (Lipinski definition) is 5. The molecular formula is C75H145NO5. The second-order valence-corrected chi connectivity index (χ2v) is 25.6. The maximum absolute atomic E-state index is 12.6. The van der Waals surface area contributed by atoms with Crippen LogP contribution in [-0.4, -0.2) is 47.4 Å². The van der Waals surface area contributed by atoms with Crippen LogP contribution in [0.2, 0.25) is 0 Å². The van der Waals surface area contributed by atoms with E-state index in [0.29, 0.717) is 25.9 Å². The average molecular weight is 1140 g/mol. The lowest BCUT2D eigenvalue weighted by Crippen LogP contribution is -2.45. The zero-order valence-corrected chi connectivity index (χ0v) is 55.0. The molecule has 3 N–H and O–H groups in total. The Hall–Kier alpha value is -1.66. The number of aliphatic hydroxyl groups excluding tert-OH is 2. The topological polar surface area (TPSA) is 95.9 Å². The summed E-state index contributed by atoms with van der Waals surface area (Å²) >= 11 is 0. The molecule has 0 saturated heterocycles. The molecule has 0 aliphatic carbocycles. The number of carbonyl (C=O) groups is 2. The van der Waals surface area contributed by atoms with E-state index >= 15 is 0 Å². The molecule has 81 heavy (non-hydrogen) atoms. The highest BCUT2D eigenvalue weighted by Gasteiger charge is 2.20. The van der Waals surface area contributed by atoms with Gasteiger partial charge in [-0.3, -0.25) is 9.59 Å². The van der Waals surface area contributed by atoms with E-state index in [9.17, 15) is 19.8 Å². The Kier molecular flexibility index (Phi) is 69.4. The summed E-state index contributed by atoms with van der Waals surface area (Å²) in [5.41, 5.74) is 0. The minimum atomic E-state index is -0.667. The third-order valence-corrected chi connectivity index (χ3v) is 17.5. The van der Waals surface area contributed by atoms with Gasteiger partial charge < -0.3 is 20.3 Å². The van der Waals surface area contributed by atoms with E-state index in [1.807, 2.05) is 0 Å². The van der Waals surface area contributed by atoms with Crippen molar-refractivity contribution in [2.24, 2.45) is 0 Å². The van der Waals surface area contributed by atoms with E-state index in [2.05, 4.69) is 43.5 Å². The summed E-state index contributed by atoms with van der Waals surface area (Å²) in [7, 11) is 0. The number of ether oxygens (including phenoxy) is 1. The Labute approximate surface area is 507 Å². The molecule has 0 heterocycles. The Bertz CT molecular complexity index is 1270. The summed E-state index contributed by atoms with van der Waals surface area (Å²) in [6.45, 7) is 4.98. The predicted octanol–water partition coefficient (Wildman–Crippen LogP) is 24.1. The molecule has 6 nitrogen and oxygen atoms in total. The van der Waals surface area contributed by atoms with Crippen LogP contribution < -0.4 is 5.32 Å². The van der Waals surface area contributed by atoms with Gasteiger partial charge >= 0.3 is 5.97 Å². The standard InChI is InChI=1S/C75H145NO5/c1-3-5-7-9-11-13-15-17-19-20-21-22-23-28-31-34-37-40-43-47-51-55-59-63-67-73(78)72(71-77)76-74(79)68-64-60-56-52-48-44-41-38-35-32-29-26-24-25-27-30-33-36-39-42-46-50-54-58-62-66-70-81-75(80)69-65-61-57-53-49-45-18-16-14-12-10-8-6-4-2/h16,18,24,26,72-73,77-78H,3-15,17,19-23,25,27-71H2,1-2H3,(H,76,79)/b18-16-,26-24-. The maximum Gasteiger partial charge on any atom is 0.305 e. The van der Waals surface area contributed by atoms with Crippen molar-refractivity contribution < 1.29 is 24.5 Å². The van der Waals surface area contributed by atoms with Crippen LogP contribution in [0.5, 0.6) is 0 Å². The molecule has 0 aliphatic heterocycles. The zero-order valence-electron chi connectivity index (χ0n) is 55.0. The highest BCUT2D eigenvalue weighted by molar-refractivity contribution is 5.76. The van der Waals surface area contributed by atoms with Gasteiger partial charge in [0, 0.05) is 12.8 Å². The minimum absolute atomic E-state index is 0.00673. The van der Waals surface area contributed by atoms with Gasteiger partial charge in [-0.25, -0.2) is 0 Å². The summed E-state index contributed by atoms with van der Waals surface area (Å²) in [6, 6.07) is -0.544. The number of carbonyl (C=O) groups excluding carboxylic acids is 2. The average Bonchev–Trinajstić information content (AvgIpc) is 3.47. The Morgan fingerprint density at radius 2 is 0.580 bits per heavy atom. The smallest absolute Gasteiger partial charge is 0.305 e. The number of unbranched alkanes of at least 4 members (excludes halogenated alkanes) is 55. The molecule has 0 bridgehead atoms. The number of esters is 1. The third-order valence-electron chi connectivity index (χ3n) is 17.5. The van der Waals surface area contributed by atoms with Crippen molar-refractivity contribution in [2.45, 2.75) is 431 Å². The lowest BCUT2D eigenvalue weighted by molar-refractivity contribution is -0.143. The largest absolute Gasteiger partial charge is 0.466 e. The summed E-state index contributed by atoms with van der Waals surface area (Å²) in [4.78, 5) is 24.6. The fourth-order valence-electron chi connectivity index (χ4n) is 11.8. The van der Waals surface area contributed by atoms with Crippen molar-refractivity contribution in [3.8, 4) is 0 Å². The molecule has 1 amide bonds. The normalized spacial score (nSPS) is 12.6. The van der Waals surface area contributed by atoms with Gasteiger partial charge in [-0.2, -0.15) is 0 Å². The first-order chi connectivity index (χ1) is 40.0. The second kappa shape index (κ2) is 70.8. The van der Waals surface area contributed by atoms with Crippen LogP contribution in [-0.2, 0) is 14.3 Å². The molecule has 0 aromatic carbocycles. The molecule has 2 unspecified atom stereocenters. The number of rotatable bonds is 70. The predicted molar refractivity (Wildman–Crippen MR) is 356 cm³/mol. The van der Waals surface area contributed by atoms with Crippen molar-refractivity contribution in [1.29, 1.82) is 0 Å². The van der Waals surface area contributed by atoms with Crippen LogP contribution in [0.15, 0.2) is 24.3 Å². The van der Waals surface area contributed by atoms with Crippen molar-refractivity contribution in [3.63, 3.8) is 0 Å². The molecule has 2 atom stereocenters. The highest BCUT2D eigenvalue weighted by atomic mass is 16.5. The Balaban J connectivity index is 3.39. The van der Waals surface area contributed by atoms with Gasteiger partial charge in [-0.15, -0.1) is 0 Å². The molecule has 480 valence electrons. The Morgan fingerprint density at radius 1 is 0.333 bits per heavy atom. The molecule has 0 aromatic rings. The Morgan fingerprint density at radius 3 is 0.877 bits per heavy atom. The van der Waals surface area contributed by atoms with Gasteiger partial charge in [0.15, 0.2) is 0 Å².